The first-order chi connectivity index (χ1) is 7.08. The fraction of sp³-hybridized carbons (Fsp3) is 0.500. The summed E-state index contributed by atoms with van der Waals surface area (Å²) in [7, 11) is 0. The van der Waals surface area contributed by atoms with Crippen LogP contribution in [0.25, 0.3) is 0 Å². The first-order valence-corrected chi connectivity index (χ1v) is 5.52. The molecule has 0 saturated carbocycles. The molecule has 5 heteroatoms. The van der Waals surface area contributed by atoms with Crippen molar-refractivity contribution in [2.24, 2.45) is 4.99 Å². The average Bonchev–Trinajstić information content (AvgIpc) is 2.43. The smallest absolute Gasteiger partial charge is 0.255 e. The van der Waals surface area contributed by atoms with Crippen LogP contribution < -0.4 is 0 Å². The molecule has 0 N–H and O–H groups in total. The monoisotopic (exact) mass is 276 g/mol. The van der Waals surface area contributed by atoms with Crippen molar-refractivity contribution in [3.05, 3.63) is 22.7 Å². The van der Waals surface area contributed by atoms with E-state index in [1.165, 1.54) is 0 Å². The molecule has 1 aliphatic heterocycles. The number of fused-ring (bicyclic) bond motifs is 1. The van der Waals surface area contributed by atoms with Gasteiger partial charge in [-0.3, -0.25) is 4.99 Å². The number of halogens is 3. The Morgan fingerprint density at radius 2 is 2.33 bits per heavy atom. The molecular weight excluding hydrogens is 266 g/mol. The van der Waals surface area contributed by atoms with Crippen molar-refractivity contribution in [1.29, 1.82) is 0 Å². The van der Waals surface area contributed by atoms with E-state index in [0.29, 0.717) is 5.84 Å². The number of alkyl halides is 2. The highest BCUT2D eigenvalue weighted by Gasteiger charge is 2.34. The van der Waals surface area contributed by atoms with E-state index in [1.807, 2.05) is 18.2 Å². The van der Waals surface area contributed by atoms with Crippen molar-refractivity contribution in [3.8, 4) is 0 Å². The van der Waals surface area contributed by atoms with Gasteiger partial charge in [-0.05, 0) is 13.0 Å². The normalized spacial score (nSPS) is 29.3. The Kier molecular flexibility index (Phi) is 2.91. The van der Waals surface area contributed by atoms with Gasteiger partial charge in [0.2, 0.25) is 0 Å². The second-order valence-electron chi connectivity index (χ2n) is 3.61. The number of amidine groups is 1. The van der Waals surface area contributed by atoms with Gasteiger partial charge in [0.25, 0.3) is 6.43 Å². The second kappa shape index (κ2) is 4.04. The molecular formula is C10H11BrF2N2. The van der Waals surface area contributed by atoms with Gasteiger partial charge in [-0.2, -0.15) is 0 Å². The minimum absolute atomic E-state index is 0.00921. The number of rotatable bonds is 2. The number of hydrogen-bond donors (Lipinski definition) is 0. The third-order valence-electron chi connectivity index (χ3n) is 2.58. The lowest BCUT2D eigenvalue weighted by Crippen LogP contribution is -2.40. The van der Waals surface area contributed by atoms with Crippen molar-refractivity contribution < 1.29 is 8.78 Å². The van der Waals surface area contributed by atoms with Crippen LogP contribution in [0.2, 0.25) is 0 Å². The van der Waals surface area contributed by atoms with Gasteiger partial charge in [0.15, 0.2) is 0 Å². The van der Waals surface area contributed by atoms with E-state index in [4.69, 9.17) is 0 Å². The van der Waals surface area contributed by atoms with Gasteiger partial charge in [-0.25, -0.2) is 8.78 Å². The maximum atomic E-state index is 12.4. The maximum absolute atomic E-state index is 12.4. The molecule has 0 bridgehead atoms. The van der Waals surface area contributed by atoms with Crippen LogP contribution in [0.15, 0.2) is 27.7 Å². The van der Waals surface area contributed by atoms with E-state index in [9.17, 15) is 8.78 Å². The Hall–Kier alpha value is -0.710. The van der Waals surface area contributed by atoms with Crippen molar-refractivity contribution in [3.63, 3.8) is 0 Å². The zero-order valence-corrected chi connectivity index (χ0v) is 9.79. The third kappa shape index (κ3) is 2.12. The lowest BCUT2D eigenvalue weighted by molar-refractivity contribution is 0.110. The highest BCUT2D eigenvalue weighted by atomic mass is 79.9. The number of allylic oxidation sites excluding steroid dienone is 2. The van der Waals surface area contributed by atoms with E-state index < -0.39 is 6.43 Å². The predicted molar refractivity (Wildman–Crippen MR) is 59.5 cm³/mol. The topological polar surface area (TPSA) is 15.6 Å². The van der Waals surface area contributed by atoms with Crippen molar-refractivity contribution in [2.75, 3.05) is 6.54 Å². The second-order valence-corrected chi connectivity index (χ2v) is 4.53. The fourth-order valence-corrected chi connectivity index (χ4v) is 2.35. The molecule has 0 saturated heterocycles. The zero-order valence-electron chi connectivity index (χ0n) is 8.20. The molecule has 0 aromatic carbocycles. The van der Waals surface area contributed by atoms with Gasteiger partial charge in [-0.15, -0.1) is 0 Å². The van der Waals surface area contributed by atoms with Gasteiger partial charge in [0, 0.05) is 4.48 Å². The van der Waals surface area contributed by atoms with E-state index in [1.54, 1.807) is 11.8 Å². The first-order valence-electron chi connectivity index (χ1n) is 4.72. The molecule has 0 amide bonds. The SMILES string of the molecule is CC1=NC2C=CC(Br)=CC2N1CC(F)F. The van der Waals surface area contributed by atoms with Gasteiger partial charge in [0.05, 0.1) is 24.5 Å². The number of hydrogen-bond acceptors (Lipinski definition) is 2. The molecule has 2 rings (SSSR count). The lowest BCUT2D eigenvalue weighted by atomic mass is 10.0. The van der Waals surface area contributed by atoms with Gasteiger partial charge in [0.1, 0.15) is 0 Å². The Labute approximate surface area is 95.5 Å². The van der Waals surface area contributed by atoms with E-state index in [0.717, 1.165) is 4.48 Å². The number of aliphatic imine (C=N–C) groups is 1. The summed E-state index contributed by atoms with van der Waals surface area (Å²) in [6.07, 6.45) is 3.44. The minimum atomic E-state index is -2.33. The molecule has 2 aliphatic rings. The Morgan fingerprint density at radius 3 is 3.00 bits per heavy atom. The summed E-state index contributed by atoms with van der Waals surface area (Å²) in [6, 6.07) is -0.0663. The summed E-state index contributed by atoms with van der Waals surface area (Å²) in [5, 5.41) is 0. The summed E-state index contributed by atoms with van der Waals surface area (Å²) in [5.41, 5.74) is 0. The Bertz CT molecular complexity index is 349. The molecule has 2 unspecified atom stereocenters. The van der Waals surface area contributed by atoms with Crippen LogP contribution in [0.4, 0.5) is 8.78 Å². The first kappa shape index (κ1) is 10.8. The maximum Gasteiger partial charge on any atom is 0.255 e. The van der Waals surface area contributed by atoms with Gasteiger partial charge in [-0.1, -0.05) is 28.1 Å². The summed E-state index contributed by atoms with van der Waals surface area (Å²) in [4.78, 5) is 5.99. The van der Waals surface area contributed by atoms with E-state index in [2.05, 4.69) is 20.9 Å². The van der Waals surface area contributed by atoms with Crippen LogP contribution in [-0.2, 0) is 0 Å². The molecule has 15 heavy (non-hydrogen) atoms. The third-order valence-corrected chi connectivity index (χ3v) is 3.11. The van der Waals surface area contributed by atoms with Crippen LogP contribution in [0.1, 0.15) is 6.92 Å². The van der Waals surface area contributed by atoms with E-state index in [-0.39, 0.29) is 18.6 Å². The standard InChI is InChI=1S/C10H11BrF2N2/c1-6-14-8-3-2-7(11)4-9(8)15(6)5-10(12)13/h2-4,8-10H,5H2,1H3. The van der Waals surface area contributed by atoms with Gasteiger partial charge >= 0.3 is 0 Å². The molecule has 2 atom stereocenters. The molecule has 1 heterocycles. The molecule has 2 nitrogen and oxygen atoms in total. The fourth-order valence-electron chi connectivity index (χ4n) is 1.92. The molecule has 0 aromatic heterocycles. The largest absolute Gasteiger partial charge is 0.346 e. The van der Waals surface area contributed by atoms with Gasteiger partial charge < -0.3 is 4.90 Å². The lowest BCUT2D eigenvalue weighted by Gasteiger charge is -2.27. The highest BCUT2D eigenvalue weighted by molar-refractivity contribution is 9.11. The molecule has 1 aliphatic carbocycles. The summed E-state index contributed by atoms with van der Waals surface area (Å²) < 4.78 is 25.7. The Morgan fingerprint density at radius 1 is 1.60 bits per heavy atom. The highest BCUT2D eigenvalue weighted by Crippen LogP contribution is 2.27. The molecule has 0 fully saturated rings. The molecule has 82 valence electrons. The minimum Gasteiger partial charge on any atom is -0.346 e. The molecule has 0 spiro atoms. The van der Waals surface area contributed by atoms with Crippen LogP contribution in [0.5, 0.6) is 0 Å². The van der Waals surface area contributed by atoms with Crippen molar-refractivity contribution in [2.45, 2.75) is 25.4 Å². The van der Waals surface area contributed by atoms with Crippen LogP contribution in [0.3, 0.4) is 0 Å². The number of nitrogens with zero attached hydrogens (tertiary/aromatic N) is 2. The van der Waals surface area contributed by atoms with Crippen molar-refractivity contribution in [1.82, 2.24) is 4.90 Å². The average molecular weight is 277 g/mol. The quantitative estimate of drug-likeness (QED) is 0.757. The predicted octanol–water partition coefficient (Wildman–Crippen LogP) is 2.57. The summed E-state index contributed by atoms with van der Waals surface area (Å²) >= 11 is 3.35. The van der Waals surface area contributed by atoms with Crippen LogP contribution >= 0.6 is 15.9 Å². The van der Waals surface area contributed by atoms with Crippen molar-refractivity contribution >= 4 is 21.8 Å². The zero-order chi connectivity index (χ0) is 11.0. The molecule has 0 aromatic rings. The van der Waals surface area contributed by atoms with Crippen LogP contribution in [-0.4, -0.2) is 35.8 Å². The Balaban J connectivity index is 2.19. The van der Waals surface area contributed by atoms with Crippen LogP contribution in [0, 0.1) is 0 Å². The van der Waals surface area contributed by atoms with E-state index >= 15 is 0 Å². The summed E-state index contributed by atoms with van der Waals surface area (Å²) in [6.45, 7) is 1.53. The molecule has 0 radical (unpaired) electrons. The summed E-state index contributed by atoms with van der Waals surface area (Å²) in [5.74, 6) is 0.688.